The van der Waals surface area contributed by atoms with E-state index in [9.17, 15) is 0 Å². The topological polar surface area (TPSA) is 88.4 Å². The number of H-pyrrole nitrogens is 1. The van der Waals surface area contributed by atoms with Crippen LogP contribution in [0.1, 0.15) is 66.8 Å². The average molecular weight is 527 g/mol. The molecular formula is C29H31ClN8. The third-order valence-corrected chi connectivity index (χ3v) is 7.66. The summed E-state index contributed by atoms with van der Waals surface area (Å²) in [6, 6.07) is 17.4. The number of halogens is 1. The number of hydrogen-bond donors (Lipinski definition) is 1. The molecule has 38 heavy (non-hydrogen) atoms. The van der Waals surface area contributed by atoms with E-state index in [1.165, 1.54) is 28.1 Å². The highest BCUT2D eigenvalue weighted by atomic mass is 35.5. The van der Waals surface area contributed by atoms with E-state index in [1.807, 2.05) is 13.0 Å². The van der Waals surface area contributed by atoms with Gasteiger partial charge in [-0.2, -0.15) is 5.21 Å². The first-order valence-corrected chi connectivity index (χ1v) is 13.7. The van der Waals surface area contributed by atoms with Crippen LogP contribution >= 0.6 is 11.6 Å². The molecule has 3 aromatic heterocycles. The first-order chi connectivity index (χ1) is 18.6. The number of aryl methyl sites for hydroxylation is 4. The third kappa shape index (κ3) is 4.32. The van der Waals surface area contributed by atoms with Crippen LogP contribution in [-0.2, 0) is 25.8 Å². The summed E-state index contributed by atoms with van der Waals surface area (Å²) in [6.45, 7) is 6.98. The summed E-state index contributed by atoms with van der Waals surface area (Å²) < 4.78 is 2.21. The lowest BCUT2D eigenvalue weighted by Crippen LogP contribution is -2.26. The minimum Gasteiger partial charge on any atom is -0.330 e. The van der Waals surface area contributed by atoms with Crippen LogP contribution in [0.4, 0.5) is 11.4 Å². The second kappa shape index (κ2) is 10.2. The molecule has 0 bridgehead atoms. The van der Waals surface area contributed by atoms with Gasteiger partial charge < -0.3 is 9.47 Å². The maximum Gasteiger partial charge on any atom is 0.197 e. The minimum absolute atomic E-state index is 0.0128. The Morgan fingerprint density at radius 2 is 1.82 bits per heavy atom. The third-order valence-electron chi connectivity index (χ3n) is 7.37. The normalized spacial score (nSPS) is 13.8. The van der Waals surface area contributed by atoms with Crippen molar-refractivity contribution in [3.05, 3.63) is 87.6 Å². The van der Waals surface area contributed by atoms with Gasteiger partial charge in [0.25, 0.3) is 0 Å². The largest absolute Gasteiger partial charge is 0.330 e. The summed E-state index contributed by atoms with van der Waals surface area (Å²) in [6.07, 6.45) is 4.66. The first-order valence-electron chi connectivity index (χ1n) is 13.3. The van der Waals surface area contributed by atoms with Gasteiger partial charge in [0.2, 0.25) is 0 Å². The number of imidazole rings is 1. The van der Waals surface area contributed by atoms with Crippen LogP contribution in [0, 0.1) is 6.92 Å². The molecule has 4 heterocycles. The number of para-hydroxylation sites is 1. The number of fused-ring (bicyclic) bond motifs is 3. The van der Waals surface area contributed by atoms with Crippen molar-refractivity contribution in [2.45, 2.75) is 65.5 Å². The fourth-order valence-electron chi connectivity index (χ4n) is 5.66. The van der Waals surface area contributed by atoms with Crippen LogP contribution in [0.25, 0.3) is 11.2 Å². The zero-order valence-electron chi connectivity index (χ0n) is 21.9. The van der Waals surface area contributed by atoms with Crippen molar-refractivity contribution in [3.8, 4) is 0 Å². The highest BCUT2D eigenvalue weighted by molar-refractivity contribution is 6.34. The number of anilines is 2. The van der Waals surface area contributed by atoms with E-state index in [4.69, 9.17) is 21.6 Å². The minimum atomic E-state index is -0.0128. The van der Waals surface area contributed by atoms with Gasteiger partial charge in [0.1, 0.15) is 11.3 Å². The Bertz CT molecular complexity index is 1590. The molecule has 1 unspecified atom stereocenters. The molecule has 2 aromatic carbocycles. The molecule has 1 aliphatic rings. The number of pyridine rings is 1. The Balaban J connectivity index is 1.45. The zero-order chi connectivity index (χ0) is 26.2. The SMILES string of the molecule is CCCC(c1nn[nH]n1)N1c2ccccc2CCc2cc(Cn3c(CC)nc4c(Cl)cc(C)nc43)ccc21. The highest BCUT2D eigenvalue weighted by Crippen LogP contribution is 2.43. The van der Waals surface area contributed by atoms with E-state index in [0.717, 1.165) is 60.6 Å². The number of hydrogen-bond acceptors (Lipinski definition) is 6. The van der Waals surface area contributed by atoms with Gasteiger partial charge in [0, 0.05) is 23.5 Å². The Morgan fingerprint density at radius 1 is 1.00 bits per heavy atom. The molecule has 1 aliphatic heterocycles. The van der Waals surface area contributed by atoms with Gasteiger partial charge in [0.05, 0.1) is 17.6 Å². The molecule has 1 atom stereocenters. The van der Waals surface area contributed by atoms with Crippen LogP contribution in [0.3, 0.4) is 0 Å². The summed E-state index contributed by atoms with van der Waals surface area (Å²) in [5.41, 5.74) is 8.78. The number of benzene rings is 2. The van der Waals surface area contributed by atoms with Crippen molar-refractivity contribution < 1.29 is 0 Å². The molecule has 0 amide bonds. The Kier molecular flexibility index (Phi) is 6.57. The fourth-order valence-corrected chi connectivity index (χ4v) is 5.94. The van der Waals surface area contributed by atoms with Crippen LogP contribution in [0.5, 0.6) is 0 Å². The number of nitrogens with one attached hydrogen (secondary N) is 1. The molecule has 0 fully saturated rings. The van der Waals surface area contributed by atoms with Crippen molar-refractivity contribution in [3.63, 3.8) is 0 Å². The summed E-state index contributed by atoms with van der Waals surface area (Å²) in [5.74, 6) is 1.71. The van der Waals surface area contributed by atoms with Crippen LogP contribution < -0.4 is 4.90 Å². The zero-order valence-corrected chi connectivity index (χ0v) is 22.7. The van der Waals surface area contributed by atoms with Gasteiger partial charge in [-0.25, -0.2) is 9.97 Å². The van der Waals surface area contributed by atoms with Crippen molar-refractivity contribution in [1.82, 2.24) is 35.2 Å². The maximum atomic E-state index is 6.54. The first kappa shape index (κ1) is 24.6. The Labute approximate surface area is 227 Å². The van der Waals surface area contributed by atoms with Gasteiger partial charge in [-0.05, 0) is 61.1 Å². The fraction of sp³-hybridized carbons (Fsp3) is 0.345. The predicted molar refractivity (Wildman–Crippen MR) is 150 cm³/mol. The molecular weight excluding hydrogens is 496 g/mol. The van der Waals surface area contributed by atoms with Crippen LogP contribution in [0.2, 0.25) is 5.02 Å². The molecule has 0 saturated heterocycles. The number of nitrogens with zero attached hydrogens (tertiary/aromatic N) is 7. The molecule has 0 aliphatic carbocycles. The molecule has 1 N–H and O–H groups in total. The summed E-state index contributed by atoms with van der Waals surface area (Å²) in [7, 11) is 0. The molecule has 0 radical (unpaired) electrons. The second-order valence-corrected chi connectivity index (χ2v) is 10.3. The van der Waals surface area contributed by atoms with Crippen LogP contribution in [0.15, 0.2) is 48.5 Å². The van der Waals surface area contributed by atoms with E-state index >= 15 is 0 Å². The second-order valence-electron chi connectivity index (χ2n) is 9.92. The van der Waals surface area contributed by atoms with Gasteiger partial charge in [0.15, 0.2) is 11.5 Å². The lowest BCUT2D eigenvalue weighted by atomic mass is 10.0. The van der Waals surface area contributed by atoms with E-state index in [1.54, 1.807) is 0 Å². The predicted octanol–water partition coefficient (Wildman–Crippen LogP) is 6.30. The monoisotopic (exact) mass is 526 g/mol. The average Bonchev–Trinajstić information content (AvgIpc) is 3.54. The van der Waals surface area contributed by atoms with Crippen LogP contribution in [-0.4, -0.2) is 35.2 Å². The van der Waals surface area contributed by atoms with Crippen molar-refractivity contribution in [2.24, 2.45) is 0 Å². The Morgan fingerprint density at radius 3 is 2.61 bits per heavy atom. The molecule has 9 heteroatoms. The van der Waals surface area contributed by atoms with E-state index < -0.39 is 0 Å². The van der Waals surface area contributed by atoms with Gasteiger partial charge in [-0.15, -0.1) is 10.2 Å². The van der Waals surface area contributed by atoms with Crippen molar-refractivity contribution in [1.29, 1.82) is 0 Å². The number of tetrazole rings is 1. The van der Waals surface area contributed by atoms with Gasteiger partial charge in [-0.3, -0.25) is 0 Å². The summed E-state index contributed by atoms with van der Waals surface area (Å²) >= 11 is 6.54. The lowest BCUT2D eigenvalue weighted by Gasteiger charge is -2.33. The van der Waals surface area contributed by atoms with E-state index in [2.05, 4.69) is 86.4 Å². The molecule has 5 aromatic rings. The quantitative estimate of drug-likeness (QED) is 0.268. The van der Waals surface area contributed by atoms with Crippen molar-refractivity contribution >= 4 is 34.1 Å². The molecule has 6 rings (SSSR count). The lowest BCUT2D eigenvalue weighted by molar-refractivity contribution is 0.587. The molecule has 194 valence electrons. The number of aromatic amines is 1. The van der Waals surface area contributed by atoms with E-state index in [-0.39, 0.29) is 6.04 Å². The molecule has 8 nitrogen and oxygen atoms in total. The smallest absolute Gasteiger partial charge is 0.197 e. The summed E-state index contributed by atoms with van der Waals surface area (Å²) in [4.78, 5) is 12.0. The Hall–Kier alpha value is -3.78. The number of aromatic nitrogens is 7. The standard InChI is InChI=1S/C29H31ClN8/c1-4-8-25(28-33-35-36-34-28)38-23-10-7-6-9-20(23)12-13-21-16-19(11-14-24(21)38)17-37-26(5-2)32-27-22(30)15-18(3)31-29(27)37/h6-7,9-11,14-16,25H,4-5,8,12-13,17H2,1-3H3,(H,33,34,35,36). The van der Waals surface area contributed by atoms with Gasteiger partial charge >= 0.3 is 0 Å². The molecule has 0 saturated carbocycles. The van der Waals surface area contributed by atoms with E-state index in [0.29, 0.717) is 11.6 Å². The maximum absolute atomic E-state index is 6.54. The number of rotatable bonds is 7. The molecule has 0 spiro atoms. The van der Waals surface area contributed by atoms with Crippen molar-refractivity contribution in [2.75, 3.05) is 4.90 Å². The highest BCUT2D eigenvalue weighted by Gasteiger charge is 2.30. The summed E-state index contributed by atoms with van der Waals surface area (Å²) in [5, 5.41) is 16.0. The van der Waals surface area contributed by atoms with Gasteiger partial charge in [-0.1, -0.05) is 67.4 Å².